The van der Waals surface area contributed by atoms with Gasteiger partial charge in [-0.25, -0.2) is 0 Å². The zero-order valence-corrected chi connectivity index (χ0v) is 19.3. The van der Waals surface area contributed by atoms with Gasteiger partial charge < -0.3 is 10.4 Å². The number of amides is 1. The van der Waals surface area contributed by atoms with E-state index in [1.807, 2.05) is 0 Å². The highest BCUT2D eigenvalue weighted by atomic mass is 16.2. The molecule has 0 rings (SSSR count). The van der Waals surface area contributed by atoms with Crippen LogP contribution in [0.2, 0.25) is 0 Å². The summed E-state index contributed by atoms with van der Waals surface area (Å²) in [6, 6.07) is 0.388. The van der Waals surface area contributed by atoms with Crippen LogP contribution in [-0.4, -0.2) is 23.7 Å². The Morgan fingerprint density at radius 1 is 0.643 bits per heavy atom. The lowest BCUT2D eigenvalue weighted by molar-refractivity contribution is -0.122. The zero-order chi connectivity index (χ0) is 20.7. The lowest BCUT2D eigenvalue weighted by Gasteiger charge is -2.19. The zero-order valence-electron chi connectivity index (χ0n) is 19.3. The van der Waals surface area contributed by atoms with Crippen molar-refractivity contribution in [3.05, 3.63) is 0 Å². The number of hydrogen-bond acceptors (Lipinski definition) is 2. The molecule has 0 saturated heterocycles. The molecule has 0 unspecified atom stereocenters. The lowest BCUT2D eigenvalue weighted by atomic mass is 9.99. The van der Waals surface area contributed by atoms with Crippen molar-refractivity contribution in [3.63, 3.8) is 0 Å². The van der Waals surface area contributed by atoms with E-state index in [1.54, 1.807) is 0 Å². The van der Waals surface area contributed by atoms with Gasteiger partial charge in [-0.05, 0) is 25.7 Å². The molecule has 0 radical (unpaired) electrons. The van der Waals surface area contributed by atoms with Crippen molar-refractivity contribution >= 4 is 5.91 Å². The van der Waals surface area contributed by atoms with Crippen molar-refractivity contribution in [2.24, 2.45) is 0 Å². The van der Waals surface area contributed by atoms with E-state index < -0.39 is 0 Å². The number of nitrogens with one attached hydrogen (secondary N) is 1. The fourth-order valence-electron chi connectivity index (χ4n) is 3.86. The minimum atomic E-state index is 0.254. The Hall–Kier alpha value is -0.570. The van der Waals surface area contributed by atoms with Gasteiger partial charge in [-0.15, -0.1) is 0 Å². The highest BCUT2D eigenvalue weighted by Gasteiger charge is 2.12. The van der Waals surface area contributed by atoms with Crippen LogP contribution in [0, 0.1) is 0 Å². The maximum atomic E-state index is 12.3. The summed E-state index contributed by atoms with van der Waals surface area (Å²) in [6.45, 7) is 4.82. The van der Waals surface area contributed by atoms with E-state index in [9.17, 15) is 4.79 Å². The van der Waals surface area contributed by atoms with E-state index in [2.05, 4.69) is 19.2 Å². The molecule has 0 atom stereocenters. The molecule has 0 aliphatic rings. The number of hydrogen-bond donors (Lipinski definition) is 2. The Labute approximate surface area is 176 Å². The Kier molecular flexibility index (Phi) is 22.3. The first-order chi connectivity index (χ1) is 13.7. The van der Waals surface area contributed by atoms with Crippen molar-refractivity contribution < 1.29 is 9.90 Å². The van der Waals surface area contributed by atoms with Gasteiger partial charge in [-0.1, -0.05) is 110 Å². The van der Waals surface area contributed by atoms with Crippen molar-refractivity contribution in [3.8, 4) is 0 Å². The number of aliphatic hydroxyl groups excluding tert-OH is 1. The number of unbranched alkanes of at least 4 members (excludes halogenated alkanes) is 14. The largest absolute Gasteiger partial charge is 0.396 e. The van der Waals surface area contributed by atoms with Crippen LogP contribution in [-0.2, 0) is 4.79 Å². The van der Waals surface area contributed by atoms with E-state index >= 15 is 0 Å². The van der Waals surface area contributed by atoms with Crippen molar-refractivity contribution in [2.75, 3.05) is 6.61 Å². The first kappa shape index (κ1) is 27.4. The average molecular weight is 398 g/mol. The quantitative estimate of drug-likeness (QED) is 0.188. The summed E-state index contributed by atoms with van der Waals surface area (Å²) < 4.78 is 0. The van der Waals surface area contributed by atoms with Crippen LogP contribution in [0.3, 0.4) is 0 Å². The van der Waals surface area contributed by atoms with Gasteiger partial charge in [0.1, 0.15) is 0 Å². The number of aliphatic hydroxyl groups is 1. The second kappa shape index (κ2) is 22.7. The second-order valence-electron chi connectivity index (χ2n) is 8.62. The van der Waals surface area contributed by atoms with Crippen molar-refractivity contribution in [1.82, 2.24) is 5.32 Å². The Morgan fingerprint density at radius 3 is 1.57 bits per heavy atom. The van der Waals surface area contributed by atoms with Crippen LogP contribution in [0.25, 0.3) is 0 Å². The minimum Gasteiger partial charge on any atom is -0.396 e. The van der Waals surface area contributed by atoms with Crippen LogP contribution < -0.4 is 5.32 Å². The van der Waals surface area contributed by atoms with Crippen LogP contribution in [0.4, 0.5) is 0 Å². The number of carbonyl (C=O) groups is 1. The van der Waals surface area contributed by atoms with Gasteiger partial charge in [-0.3, -0.25) is 4.79 Å². The molecule has 0 bridgehead atoms. The molecule has 0 aromatic heterocycles. The van der Waals surface area contributed by atoms with Crippen molar-refractivity contribution in [1.29, 1.82) is 0 Å². The van der Waals surface area contributed by atoms with Crippen LogP contribution in [0.5, 0.6) is 0 Å². The molecule has 0 spiro atoms. The molecule has 3 heteroatoms. The Balaban J connectivity index is 3.99. The molecule has 0 saturated carbocycles. The summed E-state index contributed by atoms with van der Waals surface area (Å²) in [6.07, 6.45) is 24.1. The van der Waals surface area contributed by atoms with Gasteiger partial charge >= 0.3 is 0 Å². The van der Waals surface area contributed by atoms with Gasteiger partial charge in [0.25, 0.3) is 0 Å². The molecule has 0 aromatic rings. The van der Waals surface area contributed by atoms with Gasteiger partial charge in [0, 0.05) is 19.1 Å². The van der Waals surface area contributed by atoms with E-state index in [0.29, 0.717) is 19.1 Å². The molecule has 3 nitrogen and oxygen atoms in total. The molecule has 2 N–H and O–H groups in total. The molecule has 0 aliphatic heterocycles. The highest BCUT2D eigenvalue weighted by molar-refractivity contribution is 5.76. The molecule has 1 amide bonds. The monoisotopic (exact) mass is 397 g/mol. The highest BCUT2D eigenvalue weighted by Crippen LogP contribution is 2.15. The number of carbonyl (C=O) groups excluding carboxylic acids is 1. The smallest absolute Gasteiger partial charge is 0.220 e. The molecular formula is C25H51NO2. The van der Waals surface area contributed by atoms with E-state index in [0.717, 1.165) is 44.9 Å². The molecule has 0 fully saturated rings. The van der Waals surface area contributed by atoms with Gasteiger partial charge in [0.15, 0.2) is 0 Å². The Bertz CT molecular complexity index is 304. The fraction of sp³-hybridized carbons (Fsp3) is 0.960. The summed E-state index contributed by atoms with van der Waals surface area (Å²) in [5, 5.41) is 12.2. The predicted octanol–water partition coefficient (Wildman–Crippen LogP) is 7.31. The summed E-state index contributed by atoms with van der Waals surface area (Å²) >= 11 is 0. The Morgan fingerprint density at radius 2 is 1.07 bits per heavy atom. The topological polar surface area (TPSA) is 49.3 Å². The summed E-state index contributed by atoms with van der Waals surface area (Å²) in [7, 11) is 0. The molecule has 28 heavy (non-hydrogen) atoms. The first-order valence-electron chi connectivity index (χ1n) is 12.6. The maximum Gasteiger partial charge on any atom is 0.220 e. The van der Waals surface area contributed by atoms with Crippen molar-refractivity contribution in [2.45, 2.75) is 148 Å². The third-order valence-electron chi connectivity index (χ3n) is 5.74. The SMILES string of the molecule is CCCCCCCCC(CCCCCCCC)NC(=O)CCCCCCCO. The summed E-state index contributed by atoms with van der Waals surface area (Å²) in [4.78, 5) is 12.3. The van der Waals surface area contributed by atoms with Crippen LogP contribution in [0.1, 0.15) is 142 Å². The van der Waals surface area contributed by atoms with E-state index in [1.165, 1.54) is 77.0 Å². The summed E-state index contributed by atoms with van der Waals surface area (Å²) in [5.74, 6) is 0.254. The van der Waals surface area contributed by atoms with E-state index in [-0.39, 0.29) is 5.91 Å². The third-order valence-corrected chi connectivity index (χ3v) is 5.74. The third kappa shape index (κ3) is 20.2. The standard InChI is InChI=1S/C25H51NO2/c1-3-5-7-9-12-16-20-24(21-17-13-10-8-6-4-2)26-25(28)22-18-14-11-15-19-23-27/h24,27H,3-23H2,1-2H3,(H,26,28). The van der Waals surface area contributed by atoms with Crippen LogP contribution >= 0.6 is 0 Å². The minimum absolute atomic E-state index is 0.254. The maximum absolute atomic E-state index is 12.3. The normalized spacial score (nSPS) is 11.3. The summed E-state index contributed by atoms with van der Waals surface area (Å²) in [5.41, 5.74) is 0. The number of rotatable bonds is 22. The first-order valence-corrected chi connectivity index (χ1v) is 12.6. The lowest BCUT2D eigenvalue weighted by Crippen LogP contribution is -2.34. The molecule has 0 aromatic carbocycles. The van der Waals surface area contributed by atoms with Gasteiger partial charge in [-0.2, -0.15) is 0 Å². The molecule has 0 aliphatic carbocycles. The average Bonchev–Trinajstić information content (AvgIpc) is 2.69. The molecular weight excluding hydrogens is 346 g/mol. The fourth-order valence-corrected chi connectivity index (χ4v) is 3.86. The van der Waals surface area contributed by atoms with Gasteiger partial charge in [0.2, 0.25) is 5.91 Å². The van der Waals surface area contributed by atoms with Gasteiger partial charge in [0.05, 0.1) is 0 Å². The molecule has 0 heterocycles. The van der Waals surface area contributed by atoms with E-state index in [4.69, 9.17) is 5.11 Å². The molecule has 168 valence electrons. The predicted molar refractivity (Wildman–Crippen MR) is 123 cm³/mol. The van der Waals surface area contributed by atoms with Crippen LogP contribution in [0.15, 0.2) is 0 Å². The second-order valence-corrected chi connectivity index (χ2v) is 8.62.